The average molecular weight is 451 g/mol. The van der Waals surface area contributed by atoms with Crippen molar-refractivity contribution in [3.8, 4) is 0 Å². The molecule has 178 valence electrons. The predicted molar refractivity (Wildman–Crippen MR) is 118 cm³/mol. The molecule has 3 N–H and O–H groups in total. The third kappa shape index (κ3) is 9.77. The van der Waals surface area contributed by atoms with Crippen LogP contribution >= 0.6 is 0 Å². The Morgan fingerprint density at radius 3 is 1.50 bits per heavy atom. The van der Waals surface area contributed by atoms with Gasteiger partial charge in [-0.15, -0.1) is 0 Å². The van der Waals surface area contributed by atoms with Gasteiger partial charge >= 0.3 is 11.9 Å². The highest BCUT2D eigenvalue weighted by atomic mass is 32.2. The van der Waals surface area contributed by atoms with Crippen LogP contribution in [-0.4, -0.2) is 39.9 Å². The highest BCUT2D eigenvalue weighted by molar-refractivity contribution is 7.88. The van der Waals surface area contributed by atoms with E-state index in [4.69, 9.17) is 0 Å². The number of hydrogen-bond acceptors (Lipinski definition) is 4. The van der Waals surface area contributed by atoms with E-state index in [-0.39, 0.29) is 19.3 Å². The van der Waals surface area contributed by atoms with Crippen LogP contribution in [0.4, 0.5) is 0 Å². The molecule has 0 fully saturated rings. The van der Waals surface area contributed by atoms with E-state index in [9.17, 15) is 32.8 Å². The van der Waals surface area contributed by atoms with Crippen molar-refractivity contribution in [1.29, 1.82) is 0 Å². The lowest BCUT2D eigenvalue weighted by Crippen LogP contribution is -2.55. The summed E-state index contributed by atoms with van der Waals surface area (Å²) >= 11 is 0. The molecule has 2 unspecified atom stereocenters. The molecule has 7 nitrogen and oxygen atoms in total. The van der Waals surface area contributed by atoms with Gasteiger partial charge in [0.05, 0.1) is 5.92 Å². The van der Waals surface area contributed by atoms with Crippen molar-refractivity contribution in [2.24, 2.45) is 5.92 Å². The van der Waals surface area contributed by atoms with Crippen LogP contribution in [0.15, 0.2) is 0 Å². The maximum atomic E-state index is 12.2. The summed E-state index contributed by atoms with van der Waals surface area (Å²) in [4.78, 5) is 23.9. The number of carbonyl (C=O) groups is 2. The maximum Gasteiger partial charge on any atom is 0.328 e. The third-order valence-electron chi connectivity index (χ3n) is 5.93. The van der Waals surface area contributed by atoms with Crippen LogP contribution in [0.25, 0.3) is 0 Å². The minimum atomic E-state index is -5.11. The summed E-state index contributed by atoms with van der Waals surface area (Å²) in [5.74, 6) is -4.92. The van der Waals surface area contributed by atoms with Gasteiger partial charge in [0.1, 0.15) is 0 Å². The van der Waals surface area contributed by atoms with Crippen molar-refractivity contribution in [2.75, 3.05) is 0 Å². The number of carboxylic acid groups (broad SMARTS) is 2. The molecule has 0 saturated heterocycles. The van der Waals surface area contributed by atoms with Crippen molar-refractivity contribution in [3.63, 3.8) is 0 Å². The molecule has 0 aromatic carbocycles. The van der Waals surface area contributed by atoms with E-state index < -0.39 is 32.7 Å². The van der Waals surface area contributed by atoms with E-state index in [1.54, 1.807) is 0 Å². The smallest absolute Gasteiger partial charge is 0.328 e. The first kappa shape index (κ1) is 28.9. The second-order valence-electron chi connectivity index (χ2n) is 8.34. The van der Waals surface area contributed by atoms with Crippen molar-refractivity contribution in [2.45, 2.75) is 121 Å². The van der Waals surface area contributed by atoms with Crippen molar-refractivity contribution in [3.05, 3.63) is 0 Å². The molecule has 0 rings (SSSR count). The molecule has 0 radical (unpaired) electrons. The normalized spacial score (nSPS) is 14.9. The van der Waals surface area contributed by atoms with E-state index in [0.717, 1.165) is 64.2 Å². The Labute approximate surface area is 182 Å². The Morgan fingerprint density at radius 2 is 1.13 bits per heavy atom. The standard InChI is InChI=1S/C22H42O7S/c1-3-5-7-9-11-13-15-17-19(20(23)24)22(21(25)26,30(27,28)29)18-16-14-12-10-8-6-4-2/h19H,3-18H2,1-2H3,(H,23,24)(H,25,26)(H,27,28,29). The van der Waals surface area contributed by atoms with Gasteiger partial charge in [-0.05, 0) is 12.8 Å². The van der Waals surface area contributed by atoms with Gasteiger partial charge in [-0.1, -0.05) is 104 Å². The van der Waals surface area contributed by atoms with Crippen molar-refractivity contribution < 1.29 is 32.8 Å². The Hall–Kier alpha value is -1.15. The minimum absolute atomic E-state index is 0.0777. The molecule has 30 heavy (non-hydrogen) atoms. The first-order valence-corrected chi connectivity index (χ1v) is 13.0. The van der Waals surface area contributed by atoms with E-state index in [1.165, 1.54) is 0 Å². The minimum Gasteiger partial charge on any atom is -0.481 e. The van der Waals surface area contributed by atoms with Crippen LogP contribution in [0.2, 0.25) is 0 Å². The Bertz CT molecular complexity index is 588. The average Bonchev–Trinajstić information content (AvgIpc) is 2.65. The number of unbranched alkanes of at least 4 members (excludes halogenated alkanes) is 12. The fourth-order valence-electron chi connectivity index (χ4n) is 4.06. The molecule has 2 atom stereocenters. The van der Waals surface area contributed by atoms with Gasteiger partial charge in [0, 0.05) is 0 Å². The lowest BCUT2D eigenvalue weighted by Gasteiger charge is -2.32. The fraction of sp³-hybridized carbons (Fsp3) is 0.909. The van der Waals surface area contributed by atoms with Gasteiger partial charge in [0.25, 0.3) is 10.1 Å². The van der Waals surface area contributed by atoms with Crippen LogP contribution in [0.1, 0.15) is 117 Å². The molecule has 0 bridgehead atoms. The highest BCUT2D eigenvalue weighted by Crippen LogP contribution is 2.37. The zero-order valence-corrected chi connectivity index (χ0v) is 19.6. The van der Waals surface area contributed by atoms with Gasteiger partial charge in [-0.3, -0.25) is 14.1 Å². The van der Waals surface area contributed by atoms with Gasteiger partial charge < -0.3 is 10.2 Å². The van der Waals surface area contributed by atoms with Crippen LogP contribution in [-0.2, 0) is 19.7 Å². The highest BCUT2D eigenvalue weighted by Gasteiger charge is 2.58. The fourth-order valence-corrected chi connectivity index (χ4v) is 5.26. The first-order chi connectivity index (χ1) is 14.1. The molecule has 0 aliphatic carbocycles. The Morgan fingerprint density at radius 1 is 0.733 bits per heavy atom. The summed E-state index contributed by atoms with van der Waals surface area (Å²) in [5.41, 5.74) is 0. The summed E-state index contributed by atoms with van der Waals surface area (Å²) in [6.45, 7) is 4.22. The summed E-state index contributed by atoms with van der Waals surface area (Å²) in [6, 6.07) is 0. The van der Waals surface area contributed by atoms with Crippen molar-refractivity contribution in [1.82, 2.24) is 0 Å². The molecule has 8 heteroatoms. The summed E-state index contributed by atoms with van der Waals surface area (Å²) in [5, 5.41) is 19.4. The van der Waals surface area contributed by atoms with Gasteiger partial charge in [0.2, 0.25) is 4.75 Å². The molecule has 0 aliphatic rings. The Kier molecular flexibility index (Phi) is 15.0. The molecule has 0 aliphatic heterocycles. The second kappa shape index (κ2) is 15.6. The largest absolute Gasteiger partial charge is 0.481 e. The van der Waals surface area contributed by atoms with Crippen LogP contribution in [0.5, 0.6) is 0 Å². The number of aliphatic carboxylic acids is 2. The number of rotatable bonds is 20. The second-order valence-corrected chi connectivity index (χ2v) is 10.0. The van der Waals surface area contributed by atoms with E-state index in [0.29, 0.717) is 19.3 Å². The number of carboxylic acids is 2. The van der Waals surface area contributed by atoms with Gasteiger partial charge in [-0.2, -0.15) is 8.42 Å². The summed E-state index contributed by atoms with van der Waals surface area (Å²) in [6.07, 6.45) is 11.9. The molecule has 0 spiro atoms. The SMILES string of the molecule is CCCCCCCCCC(C(=O)O)C(CCCCCCCCC)(C(=O)O)S(=O)(=O)O. The monoisotopic (exact) mass is 450 g/mol. The Balaban J connectivity index is 5.10. The lowest BCUT2D eigenvalue weighted by molar-refractivity contribution is -0.152. The maximum absolute atomic E-state index is 12.2. The first-order valence-electron chi connectivity index (χ1n) is 11.6. The van der Waals surface area contributed by atoms with Gasteiger partial charge in [0.15, 0.2) is 0 Å². The molecular weight excluding hydrogens is 408 g/mol. The topological polar surface area (TPSA) is 129 Å². The molecule has 0 saturated carbocycles. The van der Waals surface area contributed by atoms with E-state index in [1.807, 2.05) is 0 Å². The molecule has 0 aromatic rings. The molecular formula is C22H42O7S. The van der Waals surface area contributed by atoms with Crippen LogP contribution in [0.3, 0.4) is 0 Å². The molecule has 0 aromatic heterocycles. The quantitative estimate of drug-likeness (QED) is 0.161. The van der Waals surface area contributed by atoms with E-state index in [2.05, 4.69) is 13.8 Å². The molecule has 0 amide bonds. The zero-order chi connectivity index (χ0) is 23.0. The lowest BCUT2D eigenvalue weighted by atomic mass is 9.82. The van der Waals surface area contributed by atoms with Crippen molar-refractivity contribution >= 4 is 22.1 Å². The summed E-state index contributed by atoms with van der Waals surface area (Å²) in [7, 11) is -5.11. The zero-order valence-electron chi connectivity index (χ0n) is 18.8. The van der Waals surface area contributed by atoms with Crippen LogP contribution in [0, 0.1) is 5.92 Å². The third-order valence-corrected chi connectivity index (χ3v) is 7.52. The van der Waals surface area contributed by atoms with E-state index >= 15 is 0 Å². The molecule has 0 heterocycles. The summed E-state index contributed by atoms with van der Waals surface area (Å²) < 4.78 is 31.5. The number of hydrogen-bond donors (Lipinski definition) is 3. The predicted octanol–water partition coefficient (Wildman–Crippen LogP) is 5.68. The van der Waals surface area contributed by atoms with Gasteiger partial charge in [-0.25, -0.2) is 0 Å². The van der Waals surface area contributed by atoms with Crippen LogP contribution < -0.4 is 0 Å².